The summed E-state index contributed by atoms with van der Waals surface area (Å²) < 4.78 is 10.4. The lowest BCUT2D eigenvalue weighted by Gasteiger charge is -2.07. The van der Waals surface area contributed by atoms with Crippen LogP contribution in [0.15, 0.2) is 22.8 Å². The Balaban J connectivity index is 1.94. The van der Waals surface area contributed by atoms with Gasteiger partial charge in [0.2, 0.25) is 5.91 Å². The van der Waals surface area contributed by atoms with E-state index in [0.717, 1.165) is 12.2 Å². The van der Waals surface area contributed by atoms with E-state index in [4.69, 9.17) is 14.9 Å². The average molecular weight is 226 g/mol. The molecular formula is C11H18N2O3. The molecule has 0 bridgehead atoms. The van der Waals surface area contributed by atoms with Gasteiger partial charge in [-0.05, 0) is 25.5 Å². The molecule has 5 nitrogen and oxygen atoms in total. The fraction of sp³-hybridized carbons (Fsp3) is 0.545. The van der Waals surface area contributed by atoms with E-state index in [9.17, 15) is 4.79 Å². The van der Waals surface area contributed by atoms with Crippen LogP contribution in [0.4, 0.5) is 0 Å². The molecule has 0 unspecified atom stereocenters. The standard InChI is InChI=1S/C11H18N2O3/c1-9(12)11(14)13-5-3-6-15-8-10-4-2-7-16-10/h2,4,7,9H,3,5-6,8,12H2,1H3,(H,13,14)/t9-/m0/s1. The SMILES string of the molecule is C[C@H](N)C(=O)NCCCOCc1ccco1. The Bertz CT molecular complexity index is 296. The van der Waals surface area contributed by atoms with Crippen molar-refractivity contribution >= 4 is 5.91 Å². The first-order valence-corrected chi connectivity index (χ1v) is 5.33. The van der Waals surface area contributed by atoms with Crippen LogP contribution in [0.25, 0.3) is 0 Å². The number of carbonyl (C=O) groups is 1. The summed E-state index contributed by atoms with van der Waals surface area (Å²) >= 11 is 0. The van der Waals surface area contributed by atoms with Crippen LogP contribution in [0.2, 0.25) is 0 Å². The van der Waals surface area contributed by atoms with Crippen molar-refractivity contribution in [1.82, 2.24) is 5.32 Å². The lowest BCUT2D eigenvalue weighted by Crippen LogP contribution is -2.38. The minimum absolute atomic E-state index is 0.133. The van der Waals surface area contributed by atoms with E-state index in [1.807, 2.05) is 12.1 Å². The van der Waals surface area contributed by atoms with Crippen molar-refractivity contribution in [2.24, 2.45) is 5.73 Å². The molecule has 0 aliphatic rings. The van der Waals surface area contributed by atoms with Crippen LogP contribution in [-0.4, -0.2) is 25.1 Å². The van der Waals surface area contributed by atoms with Gasteiger partial charge >= 0.3 is 0 Å². The number of hydrogen-bond acceptors (Lipinski definition) is 4. The first-order chi connectivity index (χ1) is 7.70. The minimum Gasteiger partial charge on any atom is -0.467 e. The highest BCUT2D eigenvalue weighted by molar-refractivity contribution is 5.80. The van der Waals surface area contributed by atoms with Crippen molar-refractivity contribution < 1.29 is 13.9 Å². The van der Waals surface area contributed by atoms with Crippen LogP contribution in [0.3, 0.4) is 0 Å². The predicted molar refractivity (Wildman–Crippen MR) is 59.6 cm³/mol. The third kappa shape index (κ3) is 4.95. The molecule has 1 rings (SSSR count). The zero-order valence-electron chi connectivity index (χ0n) is 9.44. The van der Waals surface area contributed by atoms with E-state index in [2.05, 4.69) is 5.32 Å². The fourth-order valence-corrected chi connectivity index (χ4v) is 1.11. The maximum atomic E-state index is 11.1. The summed E-state index contributed by atoms with van der Waals surface area (Å²) in [6, 6.07) is 3.23. The molecule has 0 spiro atoms. The summed E-state index contributed by atoms with van der Waals surface area (Å²) in [6.07, 6.45) is 2.38. The average Bonchev–Trinajstić information content (AvgIpc) is 2.75. The number of nitrogens with two attached hydrogens (primary N) is 1. The molecule has 3 N–H and O–H groups in total. The smallest absolute Gasteiger partial charge is 0.236 e. The second-order valence-corrected chi connectivity index (χ2v) is 3.57. The molecule has 0 aliphatic heterocycles. The van der Waals surface area contributed by atoms with E-state index in [1.165, 1.54) is 0 Å². The molecule has 90 valence electrons. The van der Waals surface area contributed by atoms with Crippen molar-refractivity contribution in [3.63, 3.8) is 0 Å². The second kappa shape index (κ2) is 7.03. The van der Waals surface area contributed by atoms with Gasteiger partial charge in [-0.15, -0.1) is 0 Å². The molecule has 0 radical (unpaired) electrons. The summed E-state index contributed by atoms with van der Waals surface area (Å²) in [5.41, 5.74) is 5.39. The molecule has 0 aliphatic carbocycles. The first kappa shape index (κ1) is 12.7. The molecule has 5 heteroatoms. The largest absolute Gasteiger partial charge is 0.467 e. The van der Waals surface area contributed by atoms with E-state index >= 15 is 0 Å². The van der Waals surface area contributed by atoms with Crippen molar-refractivity contribution in [1.29, 1.82) is 0 Å². The third-order valence-corrected chi connectivity index (χ3v) is 2.00. The topological polar surface area (TPSA) is 77.5 Å². The Morgan fingerprint density at radius 1 is 1.69 bits per heavy atom. The van der Waals surface area contributed by atoms with Crippen LogP contribution in [0.5, 0.6) is 0 Å². The van der Waals surface area contributed by atoms with Crippen LogP contribution >= 0.6 is 0 Å². The Morgan fingerprint density at radius 2 is 2.50 bits per heavy atom. The summed E-state index contributed by atoms with van der Waals surface area (Å²) in [5, 5.41) is 2.71. The van der Waals surface area contributed by atoms with Crippen LogP contribution in [-0.2, 0) is 16.1 Å². The number of nitrogens with one attached hydrogen (secondary N) is 1. The minimum atomic E-state index is -0.455. The van der Waals surface area contributed by atoms with Gasteiger partial charge in [0.25, 0.3) is 0 Å². The Hall–Kier alpha value is -1.33. The van der Waals surface area contributed by atoms with Crippen molar-refractivity contribution in [3.05, 3.63) is 24.2 Å². The van der Waals surface area contributed by atoms with Gasteiger partial charge in [0, 0.05) is 13.2 Å². The van der Waals surface area contributed by atoms with E-state index < -0.39 is 6.04 Å². The van der Waals surface area contributed by atoms with Crippen LogP contribution < -0.4 is 11.1 Å². The Labute approximate surface area is 94.9 Å². The monoisotopic (exact) mass is 226 g/mol. The third-order valence-electron chi connectivity index (χ3n) is 2.00. The number of rotatable bonds is 7. The number of furan rings is 1. The molecular weight excluding hydrogens is 208 g/mol. The molecule has 0 fully saturated rings. The second-order valence-electron chi connectivity index (χ2n) is 3.57. The predicted octanol–water partition coefficient (Wildman–Crippen LogP) is 0.650. The van der Waals surface area contributed by atoms with Crippen molar-refractivity contribution in [3.8, 4) is 0 Å². The van der Waals surface area contributed by atoms with Crippen molar-refractivity contribution in [2.75, 3.05) is 13.2 Å². The zero-order valence-corrected chi connectivity index (χ0v) is 9.44. The van der Waals surface area contributed by atoms with Gasteiger partial charge in [-0.3, -0.25) is 4.79 Å². The maximum absolute atomic E-state index is 11.1. The zero-order chi connectivity index (χ0) is 11.8. The van der Waals surface area contributed by atoms with Gasteiger partial charge in [0.15, 0.2) is 0 Å². The molecule has 1 aromatic rings. The van der Waals surface area contributed by atoms with Gasteiger partial charge < -0.3 is 20.2 Å². The van der Waals surface area contributed by atoms with E-state index in [-0.39, 0.29) is 5.91 Å². The van der Waals surface area contributed by atoms with E-state index in [0.29, 0.717) is 19.8 Å². The molecule has 1 atom stereocenters. The lowest BCUT2D eigenvalue weighted by atomic mass is 10.3. The maximum Gasteiger partial charge on any atom is 0.236 e. The molecule has 1 heterocycles. The van der Waals surface area contributed by atoms with Gasteiger partial charge in [-0.2, -0.15) is 0 Å². The molecule has 0 saturated carbocycles. The fourth-order valence-electron chi connectivity index (χ4n) is 1.11. The normalized spacial score (nSPS) is 12.4. The molecule has 16 heavy (non-hydrogen) atoms. The van der Waals surface area contributed by atoms with E-state index in [1.54, 1.807) is 13.2 Å². The molecule has 1 aromatic heterocycles. The van der Waals surface area contributed by atoms with Crippen LogP contribution in [0.1, 0.15) is 19.1 Å². The molecule has 1 amide bonds. The van der Waals surface area contributed by atoms with Gasteiger partial charge in [0.05, 0.1) is 12.3 Å². The molecule has 0 aromatic carbocycles. The summed E-state index contributed by atoms with van der Waals surface area (Å²) in [6.45, 7) is 3.29. The summed E-state index contributed by atoms with van der Waals surface area (Å²) in [5.74, 6) is 0.672. The summed E-state index contributed by atoms with van der Waals surface area (Å²) in [7, 11) is 0. The van der Waals surface area contributed by atoms with Gasteiger partial charge in [-0.1, -0.05) is 0 Å². The molecule has 0 saturated heterocycles. The number of amides is 1. The lowest BCUT2D eigenvalue weighted by molar-refractivity contribution is -0.122. The van der Waals surface area contributed by atoms with Crippen molar-refractivity contribution in [2.45, 2.75) is 26.0 Å². The highest BCUT2D eigenvalue weighted by atomic mass is 16.5. The summed E-state index contributed by atoms with van der Waals surface area (Å²) in [4.78, 5) is 11.1. The van der Waals surface area contributed by atoms with Gasteiger partial charge in [0.1, 0.15) is 12.4 Å². The highest BCUT2D eigenvalue weighted by Gasteiger charge is 2.04. The highest BCUT2D eigenvalue weighted by Crippen LogP contribution is 2.01. The number of carbonyl (C=O) groups excluding carboxylic acids is 1. The van der Waals surface area contributed by atoms with Crippen LogP contribution in [0, 0.1) is 0 Å². The van der Waals surface area contributed by atoms with Gasteiger partial charge in [-0.25, -0.2) is 0 Å². The first-order valence-electron chi connectivity index (χ1n) is 5.33. The Kier molecular flexibility index (Phi) is 5.60. The Morgan fingerprint density at radius 3 is 3.12 bits per heavy atom. The quantitative estimate of drug-likeness (QED) is 0.669. The number of hydrogen-bond donors (Lipinski definition) is 2. The number of ether oxygens (including phenoxy) is 1.